The molecule has 1 saturated heterocycles. The lowest BCUT2D eigenvalue weighted by molar-refractivity contribution is -0.116. The van der Waals surface area contributed by atoms with E-state index in [1.807, 2.05) is 0 Å². The molecular weight excluding hydrogens is 252 g/mol. The Morgan fingerprint density at radius 1 is 1.26 bits per heavy atom. The first-order valence-corrected chi connectivity index (χ1v) is 6.51. The topological polar surface area (TPSA) is 30.5 Å². The fourth-order valence-corrected chi connectivity index (χ4v) is 2.95. The van der Waals surface area contributed by atoms with E-state index in [9.17, 15) is 8.78 Å². The molecule has 3 nitrogen and oxygen atoms in total. The molecule has 19 heavy (non-hydrogen) atoms. The molecule has 3 rings (SSSR count). The van der Waals surface area contributed by atoms with Crippen LogP contribution in [0.2, 0.25) is 0 Å². The van der Waals surface area contributed by atoms with Crippen molar-refractivity contribution in [1.82, 2.24) is 5.32 Å². The summed E-state index contributed by atoms with van der Waals surface area (Å²) >= 11 is 0. The van der Waals surface area contributed by atoms with Crippen molar-refractivity contribution in [3.05, 3.63) is 23.8 Å². The molecule has 0 aromatic heterocycles. The summed E-state index contributed by atoms with van der Waals surface area (Å²) in [6, 6.07) is 4.52. The van der Waals surface area contributed by atoms with E-state index in [1.54, 1.807) is 12.1 Å². The van der Waals surface area contributed by atoms with Crippen LogP contribution in [0, 0.1) is 0 Å². The largest absolute Gasteiger partial charge is 0.497 e. The first kappa shape index (κ1) is 12.7. The average Bonchev–Trinajstić information content (AvgIpc) is 2.37. The molecule has 0 radical (unpaired) electrons. The Bertz CT molecular complexity index is 484. The van der Waals surface area contributed by atoms with E-state index in [2.05, 4.69) is 5.32 Å². The summed E-state index contributed by atoms with van der Waals surface area (Å²) in [6.45, 7) is 1.44. The molecular formula is C14H17F2NO2. The van der Waals surface area contributed by atoms with Gasteiger partial charge in [0.1, 0.15) is 17.1 Å². The first-order valence-electron chi connectivity index (χ1n) is 6.51. The van der Waals surface area contributed by atoms with Crippen LogP contribution in [0.15, 0.2) is 18.2 Å². The Balaban J connectivity index is 2.01. The van der Waals surface area contributed by atoms with Gasteiger partial charge >= 0.3 is 0 Å². The number of methoxy groups -OCH3 is 1. The maximum absolute atomic E-state index is 14.3. The average molecular weight is 269 g/mol. The summed E-state index contributed by atoms with van der Waals surface area (Å²) < 4.78 is 39.7. The molecule has 1 fully saturated rings. The van der Waals surface area contributed by atoms with E-state index in [4.69, 9.17) is 9.47 Å². The van der Waals surface area contributed by atoms with Gasteiger partial charge in [0.2, 0.25) is 0 Å². The lowest BCUT2D eigenvalue weighted by Gasteiger charge is -2.44. The van der Waals surface area contributed by atoms with E-state index < -0.39 is 11.5 Å². The molecule has 0 bridgehead atoms. The van der Waals surface area contributed by atoms with Crippen LogP contribution in [0.3, 0.4) is 0 Å². The van der Waals surface area contributed by atoms with E-state index >= 15 is 0 Å². The zero-order chi connectivity index (χ0) is 13.5. The minimum absolute atomic E-state index is 0.0301. The van der Waals surface area contributed by atoms with Crippen molar-refractivity contribution < 1.29 is 18.3 Å². The maximum Gasteiger partial charge on any atom is 0.280 e. The van der Waals surface area contributed by atoms with Crippen LogP contribution in [0.1, 0.15) is 24.8 Å². The third kappa shape index (κ3) is 2.16. The lowest BCUT2D eigenvalue weighted by atomic mass is 9.81. The summed E-state index contributed by atoms with van der Waals surface area (Å²) in [5.74, 6) is -2.03. The standard InChI is InChI=1S/C14H17F2NO2/c1-18-10-2-3-11-12(8-10)19-13(9-14(11,15)16)4-6-17-7-5-13/h2-3,8,17H,4-7,9H2,1H3. The summed E-state index contributed by atoms with van der Waals surface area (Å²) in [5.41, 5.74) is -0.772. The van der Waals surface area contributed by atoms with Crippen molar-refractivity contribution in [1.29, 1.82) is 0 Å². The van der Waals surface area contributed by atoms with Gasteiger partial charge < -0.3 is 14.8 Å². The van der Waals surface area contributed by atoms with Gasteiger partial charge in [0.25, 0.3) is 5.92 Å². The summed E-state index contributed by atoms with van der Waals surface area (Å²) in [4.78, 5) is 0. The molecule has 1 aromatic carbocycles. The molecule has 0 unspecified atom stereocenters. The first-order chi connectivity index (χ1) is 9.05. The lowest BCUT2D eigenvalue weighted by Crippen LogP contribution is -2.51. The highest BCUT2D eigenvalue weighted by molar-refractivity contribution is 5.45. The van der Waals surface area contributed by atoms with Gasteiger partial charge in [-0.1, -0.05) is 0 Å². The van der Waals surface area contributed by atoms with Crippen LogP contribution in [0.25, 0.3) is 0 Å². The quantitative estimate of drug-likeness (QED) is 0.850. The number of alkyl halides is 2. The predicted molar refractivity (Wildman–Crippen MR) is 67.0 cm³/mol. The molecule has 1 aromatic rings. The fraction of sp³-hybridized carbons (Fsp3) is 0.571. The van der Waals surface area contributed by atoms with Gasteiger partial charge in [-0.2, -0.15) is 0 Å². The van der Waals surface area contributed by atoms with Gasteiger partial charge in [-0.05, 0) is 38.1 Å². The van der Waals surface area contributed by atoms with Crippen LogP contribution in [0.5, 0.6) is 11.5 Å². The Morgan fingerprint density at radius 3 is 2.68 bits per heavy atom. The molecule has 0 saturated carbocycles. The highest BCUT2D eigenvalue weighted by Crippen LogP contribution is 2.50. The normalized spacial score (nSPS) is 23.5. The number of piperidine rings is 1. The minimum atomic E-state index is -2.84. The van der Waals surface area contributed by atoms with Crippen LogP contribution in [0.4, 0.5) is 8.78 Å². The smallest absolute Gasteiger partial charge is 0.280 e. The maximum atomic E-state index is 14.3. The van der Waals surface area contributed by atoms with E-state index in [0.29, 0.717) is 18.6 Å². The molecule has 5 heteroatoms. The van der Waals surface area contributed by atoms with Gasteiger partial charge in [-0.3, -0.25) is 0 Å². The molecule has 0 amide bonds. The number of halogens is 2. The number of hydrogen-bond acceptors (Lipinski definition) is 3. The number of hydrogen-bond donors (Lipinski definition) is 1. The Hall–Kier alpha value is -1.36. The van der Waals surface area contributed by atoms with Gasteiger partial charge in [-0.15, -0.1) is 0 Å². The van der Waals surface area contributed by atoms with E-state index in [0.717, 1.165) is 13.1 Å². The zero-order valence-corrected chi connectivity index (χ0v) is 10.8. The Morgan fingerprint density at radius 2 is 2.00 bits per heavy atom. The Kier molecular flexibility index (Phi) is 2.89. The summed E-state index contributed by atoms with van der Waals surface area (Å²) in [7, 11) is 1.52. The van der Waals surface area contributed by atoms with E-state index in [-0.39, 0.29) is 17.7 Å². The molecule has 0 aliphatic carbocycles. The molecule has 104 valence electrons. The second-order valence-electron chi connectivity index (χ2n) is 5.28. The molecule has 2 aliphatic rings. The second-order valence-corrected chi connectivity index (χ2v) is 5.28. The third-order valence-corrected chi connectivity index (χ3v) is 3.97. The molecule has 2 aliphatic heterocycles. The molecule has 0 atom stereocenters. The predicted octanol–water partition coefficient (Wildman–Crippen LogP) is 2.69. The summed E-state index contributed by atoms with van der Waals surface area (Å²) in [5, 5.41) is 3.18. The van der Waals surface area contributed by atoms with Crippen molar-refractivity contribution >= 4 is 0 Å². The monoisotopic (exact) mass is 269 g/mol. The van der Waals surface area contributed by atoms with E-state index in [1.165, 1.54) is 13.2 Å². The van der Waals surface area contributed by atoms with Crippen molar-refractivity contribution in [3.63, 3.8) is 0 Å². The van der Waals surface area contributed by atoms with Crippen LogP contribution >= 0.6 is 0 Å². The van der Waals surface area contributed by atoms with Gasteiger partial charge in [0.05, 0.1) is 19.1 Å². The third-order valence-electron chi connectivity index (χ3n) is 3.97. The number of rotatable bonds is 1. The number of ether oxygens (including phenoxy) is 2. The van der Waals surface area contributed by atoms with Crippen molar-refractivity contribution in [2.24, 2.45) is 0 Å². The second kappa shape index (κ2) is 4.34. The van der Waals surface area contributed by atoms with Gasteiger partial charge in [-0.25, -0.2) is 8.78 Å². The van der Waals surface area contributed by atoms with Gasteiger partial charge in [0.15, 0.2) is 0 Å². The number of benzene rings is 1. The van der Waals surface area contributed by atoms with Crippen molar-refractivity contribution in [3.8, 4) is 11.5 Å². The SMILES string of the molecule is COc1ccc2c(c1)OC1(CCNCC1)CC2(F)F. The highest BCUT2D eigenvalue weighted by Gasteiger charge is 2.51. The number of fused-ring (bicyclic) bond motifs is 1. The minimum Gasteiger partial charge on any atom is -0.497 e. The van der Waals surface area contributed by atoms with Crippen molar-refractivity contribution in [2.75, 3.05) is 20.2 Å². The highest BCUT2D eigenvalue weighted by atomic mass is 19.3. The van der Waals surface area contributed by atoms with Crippen LogP contribution in [-0.4, -0.2) is 25.8 Å². The number of nitrogens with one attached hydrogen (secondary N) is 1. The fourth-order valence-electron chi connectivity index (χ4n) is 2.95. The Labute approximate surface area is 110 Å². The van der Waals surface area contributed by atoms with Gasteiger partial charge in [0, 0.05) is 6.07 Å². The molecule has 1 N–H and O–H groups in total. The van der Waals surface area contributed by atoms with Crippen LogP contribution < -0.4 is 14.8 Å². The van der Waals surface area contributed by atoms with Crippen LogP contribution in [-0.2, 0) is 5.92 Å². The molecule has 2 heterocycles. The molecule has 1 spiro atoms. The zero-order valence-electron chi connectivity index (χ0n) is 10.8. The summed E-state index contributed by atoms with van der Waals surface area (Å²) in [6.07, 6.45) is 0.986. The van der Waals surface area contributed by atoms with Crippen molar-refractivity contribution in [2.45, 2.75) is 30.8 Å².